The van der Waals surface area contributed by atoms with Gasteiger partial charge in [-0.25, -0.2) is 0 Å². The van der Waals surface area contributed by atoms with E-state index in [2.05, 4.69) is 4.18 Å². The summed E-state index contributed by atoms with van der Waals surface area (Å²) in [6, 6.07) is 2.52. The Bertz CT molecular complexity index is 722. The summed E-state index contributed by atoms with van der Waals surface area (Å²) in [7, 11) is -9.44. The van der Waals surface area contributed by atoms with Crippen LogP contribution in [0.3, 0.4) is 0 Å². The quantitative estimate of drug-likeness (QED) is 0.353. The summed E-state index contributed by atoms with van der Waals surface area (Å²) < 4.78 is 59.2. The van der Waals surface area contributed by atoms with Gasteiger partial charge in [0.05, 0.1) is 11.5 Å². The first-order valence-corrected chi connectivity index (χ1v) is 8.10. The molecular weight excluding hydrogens is 314 g/mol. The largest absolute Gasteiger partial charge is 0.311 e. The second-order valence-electron chi connectivity index (χ2n) is 3.61. The molecule has 1 N–H and O–H groups in total. The molecule has 1 aromatic carbocycles. The number of rotatable bonds is 6. The van der Waals surface area contributed by atoms with Crippen molar-refractivity contribution in [2.75, 3.05) is 6.61 Å². The average Bonchev–Trinajstić information content (AvgIpc) is 2.34. The molecule has 0 unspecified atom stereocenters. The van der Waals surface area contributed by atoms with E-state index in [-0.39, 0.29) is 6.61 Å². The number of nitrogens with zero attached hydrogens (tertiary/aromatic N) is 1. The Morgan fingerprint density at radius 3 is 2.25 bits per heavy atom. The second kappa shape index (κ2) is 5.83. The molecule has 0 bridgehead atoms. The van der Waals surface area contributed by atoms with Crippen molar-refractivity contribution in [1.82, 2.24) is 0 Å². The van der Waals surface area contributed by atoms with E-state index in [0.29, 0.717) is 6.42 Å². The summed E-state index contributed by atoms with van der Waals surface area (Å²) in [5.74, 6) is 0. The van der Waals surface area contributed by atoms with Crippen LogP contribution in [-0.2, 0) is 24.4 Å². The molecule has 0 amide bonds. The van der Waals surface area contributed by atoms with E-state index in [0.717, 1.165) is 18.2 Å². The molecule has 0 aliphatic heterocycles. The molecule has 0 aliphatic rings. The van der Waals surface area contributed by atoms with Crippen LogP contribution in [0.1, 0.15) is 13.3 Å². The molecule has 0 saturated heterocycles. The van der Waals surface area contributed by atoms with Crippen molar-refractivity contribution in [3.8, 4) is 0 Å². The lowest BCUT2D eigenvalue weighted by atomic mass is 10.3. The average molecular weight is 325 g/mol. The predicted molar refractivity (Wildman–Crippen MR) is 66.3 cm³/mol. The van der Waals surface area contributed by atoms with E-state index in [4.69, 9.17) is 4.55 Å². The summed E-state index contributed by atoms with van der Waals surface area (Å²) >= 11 is 0. The maximum Gasteiger partial charge on any atom is 0.311 e. The molecule has 0 aromatic heterocycles. The van der Waals surface area contributed by atoms with Gasteiger partial charge in [0.2, 0.25) is 0 Å². The highest BCUT2D eigenvalue weighted by Crippen LogP contribution is 2.32. The van der Waals surface area contributed by atoms with Crippen LogP contribution >= 0.6 is 0 Å². The number of para-hydroxylation sites is 1. The third-order valence-corrected chi connectivity index (χ3v) is 4.36. The zero-order valence-electron chi connectivity index (χ0n) is 10.2. The Kier molecular flexibility index (Phi) is 4.81. The summed E-state index contributed by atoms with van der Waals surface area (Å²) in [4.78, 5) is 7.68. The molecule has 0 aliphatic carbocycles. The fraction of sp³-hybridized carbons (Fsp3) is 0.333. The second-order valence-corrected chi connectivity index (χ2v) is 6.58. The van der Waals surface area contributed by atoms with Gasteiger partial charge in [0.15, 0.2) is 9.79 Å². The highest BCUT2D eigenvalue weighted by molar-refractivity contribution is 7.87. The first kappa shape index (κ1) is 16.5. The number of benzene rings is 1. The topological polar surface area (TPSA) is 141 Å². The van der Waals surface area contributed by atoms with Crippen LogP contribution in [-0.4, -0.2) is 32.9 Å². The monoisotopic (exact) mass is 325 g/mol. The molecule has 0 radical (unpaired) electrons. The highest BCUT2D eigenvalue weighted by Gasteiger charge is 2.34. The standard InChI is InChI=1S/C9H11NO8S2/c1-2-6-18-20(16,17)8-5-3-4-7(19(13,14)15)9(8)10(11)12/h3-5H,2,6H2,1H3,(H,13,14,15). The first-order chi connectivity index (χ1) is 9.11. The maximum absolute atomic E-state index is 11.8. The van der Waals surface area contributed by atoms with Crippen LogP contribution in [0.15, 0.2) is 28.0 Å². The number of nitro groups is 1. The van der Waals surface area contributed by atoms with Crippen LogP contribution in [0.4, 0.5) is 5.69 Å². The molecule has 0 atom stereocenters. The van der Waals surface area contributed by atoms with Gasteiger partial charge >= 0.3 is 25.9 Å². The normalized spacial score (nSPS) is 12.3. The lowest BCUT2D eigenvalue weighted by Gasteiger charge is -2.07. The number of hydrogen-bond donors (Lipinski definition) is 1. The van der Waals surface area contributed by atoms with Crippen molar-refractivity contribution >= 4 is 25.9 Å². The summed E-state index contributed by atoms with van der Waals surface area (Å²) in [6.07, 6.45) is 0.338. The van der Waals surface area contributed by atoms with E-state index in [9.17, 15) is 26.9 Å². The van der Waals surface area contributed by atoms with Crippen LogP contribution in [0, 0.1) is 10.1 Å². The summed E-state index contributed by atoms with van der Waals surface area (Å²) in [6.45, 7) is 1.41. The molecule has 0 spiro atoms. The molecule has 0 heterocycles. The summed E-state index contributed by atoms with van der Waals surface area (Å²) in [5.41, 5.74) is -1.24. The fourth-order valence-corrected chi connectivity index (χ4v) is 3.27. The molecule has 0 fully saturated rings. The van der Waals surface area contributed by atoms with Crippen molar-refractivity contribution in [2.24, 2.45) is 0 Å². The van der Waals surface area contributed by atoms with Crippen molar-refractivity contribution in [3.63, 3.8) is 0 Å². The number of nitro benzene ring substituents is 1. The zero-order valence-corrected chi connectivity index (χ0v) is 11.8. The smallest absolute Gasteiger partial charge is 0.282 e. The minimum absolute atomic E-state index is 0.213. The van der Waals surface area contributed by atoms with E-state index < -0.39 is 40.6 Å². The zero-order chi connectivity index (χ0) is 15.6. The van der Waals surface area contributed by atoms with Gasteiger partial charge in [-0.15, -0.1) is 0 Å². The third kappa shape index (κ3) is 3.50. The molecule has 0 saturated carbocycles. The number of hydrogen-bond acceptors (Lipinski definition) is 7. The minimum Gasteiger partial charge on any atom is -0.282 e. The Hall–Kier alpha value is -1.56. The van der Waals surface area contributed by atoms with Gasteiger partial charge < -0.3 is 0 Å². The van der Waals surface area contributed by atoms with E-state index in [1.807, 2.05) is 0 Å². The van der Waals surface area contributed by atoms with Crippen molar-refractivity contribution in [3.05, 3.63) is 28.3 Å². The van der Waals surface area contributed by atoms with Crippen molar-refractivity contribution in [1.29, 1.82) is 0 Å². The van der Waals surface area contributed by atoms with E-state index in [1.165, 1.54) is 0 Å². The molecule has 20 heavy (non-hydrogen) atoms. The summed E-state index contributed by atoms with van der Waals surface area (Å²) in [5, 5.41) is 10.9. The molecular formula is C9H11NO8S2. The van der Waals surface area contributed by atoms with E-state index >= 15 is 0 Å². The lowest BCUT2D eigenvalue weighted by Crippen LogP contribution is -2.12. The highest BCUT2D eigenvalue weighted by atomic mass is 32.2. The van der Waals surface area contributed by atoms with Crippen LogP contribution < -0.4 is 0 Å². The lowest BCUT2D eigenvalue weighted by molar-refractivity contribution is -0.391. The van der Waals surface area contributed by atoms with Gasteiger partial charge in [-0.2, -0.15) is 16.8 Å². The Labute approximate surface area is 115 Å². The van der Waals surface area contributed by atoms with Crippen molar-refractivity contribution in [2.45, 2.75) is 23.1 Å². The van der Waals surface area contributed by atoms with Gasteiger partial charge in [0.1, 0.15) is 0 Å². The Balaban J connectivity index is 3.62. The van der Waals surface area contributed by atoms with Crippen LogP contribution in [0.25, 0.3) is 0 Å². The van der Waals surface area contributed by atoms with Gasteiger partial charge in [0.25, 0.3) is 0 Å². The minimum atomic E-state index is -4.94. The van der Waals surface area contributed by atoms with Crippen LogP contribution in [0.2, 0.25) is 0 Å². The van der Waals surface area contributed by atoms with Crippen molar-refractivity contribution < 1.29 is 30.5 Å². The van der Waals surface area contributed by atoms with Gasteiger partial charge in [-0.1, -0.05) is 13.0 Å². The fourth-order valence-electron chi connectivity index (χ4n) is 1.35. The van der Waals surface area contributed by atoms with Gasteiger partial charge in [0, 0.05) is 0 Å². The van der Waals surface area contributed by atoms with Gasteiger partial charge in [-0.3, -0.25) is 18.9 Å². The van der Waals surface area contributed by atoms with Gasteiger partial charge in [-0.05, 0) is 18.6 Å². The predicted octanol–water partition coefficient (Wildman–Crippen LogP) is 0.957. The van der Waals surface area contributed by atoms with Crippen LogP contribution in [0.5, 0.6) is 0 Å². The molecule has 9 nitrogen and oxygen atoms in total. The molecule has 1 aromatic rings. The van der Waals surface area contributed by atoms with E-state index in [1.54, 1.807) is 6.92 Å². The molecule has 11 heteroatoms. The maximum atomic E-state index is 11.8. The first-order valence-electron chi connectivity index (χ1n) is 5.25. The molecule has 1 rings (SSSR count). The third-order valence-electron chi connectivity index (χ3n) is 2.13. The Morgan fingerprint density at radius 2 is 1.80 bits per heavy atom. The SMILES string of the molecule is CCCOS(=O)(=O)c1cccc(S(=O)(=O)O)c1[N+](=O)[O-]. The Morgan fingerprint density at radius 1 is 1.25 bits per heavy atom. The molecule has 112 valence electrons.